The van der Waals surface area contributed by atoms with Gasteiger partial charge in [0.25, 0.3) is 5.69 Å². The Kier molecular flexibility index (Phi) is 6.44. The molecule has 0 aromatic heterocycles. The number of carbonyl (C=O) groups excluding carboxylic acids is 1. The fourth-order valence-corrected chi connectivity index (χ4v) is 3.38. The zero-order valence-electron chi connectivity index (χ0n) is 13.4. The van der Waals surface area contributed by atoms with Gasteiger partial charge in [-0.05, 0) is 37.7 Å². The fraction of sp³-hybridized carbons (Fsp3) is 0.562. The summed E-state index contributed by atoms with van der Waals surface area (Å²) in [5.74, 6) is -1.12. The molecular formula is C16H20NO6S-. The maximum atomic E-state index is 12.1. The number of nitro benzene ring substituents is 1. The van der Waals surface area contributed by atoms with E-state index in [1.165, 1.54) is 12.1 Å². The molecule has 0 spiro atoms. The molecular weight excluding hydrogens is 334 g/mol. The number of nitro groups is 1. The van der Waals surface area contributed by atoms with Crippen LogP contribution in [-0.2, 0) is 32.8 Å². The molecule has 1 fully saturated rings. The molecule has 1 saturated carbocycles. The number of benzene rings is 1. The Hall–Kier alpha value is -1.80. The normalized spacial score (nSPS) is 17.4. The van der Waals surface area contributed by atoms with Crippen molar-refractivity contribution in [2.75, 3.05) is 0 Å². The largest absolute Gasteiger partial charge is 0.772 e. The molecule has 0 amide bonds. The Morgan fingerprint density at radius 2 is 2.08 bits per heavy atom. The Balaban J connectivity index is 2.05. The van der Waals surface area contributed by atoms with Crippen LogP contribution in [0.25, 0.3) is 0 Å². The number of nitrogens with zero attached hydrogens (tertiary/aromatic N) is 1. The quantitative estimate of drug-likeness (QED) is 0.322. The van der Waals surface area contributed by atoms with Crippen molar-refractivity contribution in [3.05, 3.63) is 39.4 Å². The molecule has 132 valence electrons. The van der Waals surface area contributed by atoms with Crippen molar-refractivity contribution in [3.8, 4) is 0 Å². The molecule has 2 rings (SSSR count). The number of esters is 1. The highest BCUT2D eigenvalue weighted by atomic mass is 32.2. The lowest BCUT2D eigenvalue weighted by Gasteiger charge is -2.16. The van der Waals surface area contributed by atoms with Gasteiger partial charge in [0.1, 0.15) is 6.10 Å². The van der Waals surface area contributed by atoms with E-state index in [2.05, 4.69) is 0 Å². The predicted molar refractivity (Wildman–Crippen MR) is 86.9 cm³/mol. The Morgan fingerprint density at radius 3 is 2.67 bits per heavy atom. The number of hydrogen-bond acceptors (Lipinski definition) is 6. The highest BCUT2D eigenvalue weighted by Gasteiger charge is 2.24. The summed E-state index contributed by atoms with van der Waals surface area (Å²) in [6, 6.07) is 4.38. The summed E-state index contributed by atoms with van der Waals surface area (Å²) in [5.41, 5.74) is 0.504. The SMILES string of the molecule is CC(Cc1ccc(CS(=O)[O-])c([N+](=O)[O-])c1)C(=O)OC1CCCC1. The lowest BCUT2D eigenvalue weighted by Crippen LogP contribution is -2.22. The molecule has 1 aromatic rings. The van der Waals surface area contributed by atoms with Crippen molar-refractivity contribution in [3.63, 3.8) is 0 Å². The number of carbonyl (C=O) groups is 1. The van der Waals surface area contributed by atoms with Crippen LogP contribution in [0.15, 0.2) is 18.2 Å². The Labute approximate surface area is 142 Å². The van der Waals surface area contributed by atoms with Crippen molar-refractivity contribution < 1.29 is 23.2 Å². The van der Waals surface area contributed by atoms with Crippen LogP contribution in [0, 0.1) is 16.0 Å². The lowest BCUT2D eigenvalue weighted by molar-refractivity contribution is -0.385. The molecule has 7 nitrogen and oxygen atoms in total. The van der Waals surface area contributed by atoms with Crippen LogP contribution >= 0.6 is 0 Å². The van der Waals surface area contributed by atoms with Gasteiger partial charge in [-0.25, -0.2) is 0 Å². The number of hydrogen-bond donors (Lipinski definition) is 0. The van der Waals surface area contributed by atoms with Gasteiger partial charge in [-0.2, -0.15) is 0 Å². The van der Waals surface area contributed by atoms with Crippen LogP contribution in [0.5, 0.6) is 0 Å². The summed E-state index contributed by atoms with van der Waals surface area (Å²) < 4.78 is 27.0. The van der Waals surface area contributed by atoms with E-state index in [0.29, 0.717) is 12.0 Å². The monoisotopic (exact) mass is 354 g/mol. The molecule has 1 aliphatic carbocycles. The molecule has 2 atom stereocenters. The zero-order chi connectivity index (χ0) is 17.7. The van der Waals surface area contributed by atoms with Crippen molar-refractivity contribution in [2.45, 2.75) is 50.9 Å². The van der Waals surface area contributed by atoms with E-state index >= 15 is 0 Å². The molecule has 0 aliphatic heterocycles. The third-order valence-corrected chi connectivity index (χ3v) is 4.70. The second kappa shape index (κ2) is 8.34. The van der Waals surface area contributed by atoms with E-state index in [1.807, 2.05) is 0 Å². The van der Waals surface area contributed by atoms with Crippen LogP contribution in [-0.4, -0.2) is 25.8 Å². The van der Waals surface area contributed by atoms with Gasteiger partial charge in [0.15, 0.2) is 0 Å². The van der Waals surface area contributed by atoms with Gasteiger partial charge < -0.3 is 9.29 Å². The Bertz CT molecular complexity index is 641. The topological polar surface area (TPSA) is 110 Å². The van der Waals surface area contributed by atoms with E-state index < -0.39 is 27.7 Å². The Morgan fingerprint density at radius 1 is 1.42 bits per heavy atom. The van der Waals surface area contributed by atoms with Gasteiger partial charge in [-0.1, -0.05) is 30.1 Å². The molecule has 1 aliphatic rings. The molecule has 0 radical (unpaired) electrons. The van der Waals surface area contributed by atoms with E-state index in [1.54, 1.807) is 13.0 Å². The molecule has 2 unspecified atom stereocenters. The number of ether oxygens (including phenoxy) is 1. The summed E-state index contributed by atoms with van der Waals surface area (Å²) in [6.45, 7) is 1.73. The molecule has 24 heavy (non-hydrogen) atoms. The zero-order valence-corrected chi connectivity index (χ0v) is 14.3. The summed E-state index contributed by atoms with van der Waals surface area (Å²) in [6.07, 6.45) is 4.23. The maximum Gasteiger partial charge on any atom is 0.309 e. The molecule has 1 aromatic carbocycles. The van der Waals surface area contributed by atoms with Gasteiger partial charge >= 0.3 is 5.97 Å². The minimum Gasteiger partial charge on any atom is -0.772 e. The van der Waals surface area contributed by atoms with Crippen LogP contribution < -0.4 is 0 Å². The highest BCUT2D eigenvalue weighted by molar-refractivity contribution is 7.78. The summed E-state index contributed by atoms with van der Waals surface area (Å²) in [7, 11) is 0. The van der Waals surface area contributed by atoms with Crippen molar-refractivity contribution in [2.24, 2.45) is 5.92 Å². The summed E-state index contributed by atoms with van der Waals surface area (Å²) in [4.78, 5) is 22.6. The van der Waals surface area contributed by atoms with Crippen LogP contribution in [0.2, 0.25) is 0 Å². The van der Waals surface area contributed by atoms with Crippen molar-refractivity contribution in [1.29, 1.82) is 0 Å². The third-order valence-electron chi connectivity index (χ3n) is 4.15. The van der Waals surface area contributed by atoms with Gasteiger partial charge in [0.05, 0.1) is 10.8 Å². The first-order chi connectivity index (χ1) is 11.4. The second-order valence-corrected chi connectivity index (χ2v) is 7.01. The van der Waals surface area contributed by atoms with Crippen LogP contribution in [0.1, 0.15) is 43.7 Å². The first-order valence-corrected chi connectivity index (χ1v) is 9.13. The molecule has 0 heterocycles. The van der Waals surface area contributed by atoms with Gasteiger partial charge in [0, 0.05) is 17.4 Å². The summed E-state index contributed by atoms with van der Waals surface area (Å²) >= 11 is -2.40. The van der Waals surface area contributed by atoms with Crippen LogP contribution in [0.3, 0.4) is 0 Å². The average Bonchev–Trinajstić information content (AvgIpc) is 3.00. The molecule has 8 heteroatoms. The standard InChI is InChI=1S/C16H21NO6S/c1-11(16(18)23-14-4-2-3-5-14)8-12-6-7-13(10-24(21)22)15(9-12)17(19)20/h6-7,9,11,14H,2-5,8,10H2,1H3,(H,21,22)/p-1. The predicted octanol–water partition coefficient (Wildman–Crippen LogP) is 2.64. The second-order valence-electron chi connectivity index (χ2n) is 6.12. The smallest absolute Gasteiger partial charge is 0.309 e. The van der Waals surface area contributed by atoms with Crippen molar-refractivity contribution >= 4 is 22.7 Å². The first-order valence-electron chi connectivity index (χ1n) is 7.89. The van der Waals surface area contributed by atoms with Gasteiger partial charge in [0.2, 0.25) is 0 Å². The lowest BCUT2D eigenvalue weighted by atomic mass is 9.99. The van der Waals surface area contributed by atoms with Gasteiger partial charge in [-0.3, -0.25) is 19.1 Å². The number of rotatable bonds is 7. The minimum absolute atomic E-state index is 0.0105. The fourth-order valence-electron chi connectivity index (χ4n) is 2.88. The third kappa shape index (κ3) is 5.10. The van der Waals surface area contributed by atoms with E-state index in [9.17, 15) is 23.7 Å². The maximum absolute atomic E-state index is 12.1. The first kappa shape index (κ1) is 18.5. The minimum atomic E-state index is -2.40. The summed E-state index contributed by atoms with van der Waals surface area (Å²) in [5, 5.41) is 11.1. The molecule has 0 N–H and O–H groups in total. The van der Waals surface area contributed by atoms with E-state index in [0.717, 1.165) is 25.7 Å². The van der Waals surface area contributed by atoms with Crippen molar-refractivity contribution in [1.82, 2.24) is 0 Å². The van der Waals surface area contributed by atoms with Crippen LogP contribution in [0.4, 0.5) is 5.69 Å². The van der Waals surface area contributed by atoms with E-state index in [-0.39, 0.29) is 23.3 Å². The average molecular weight is 354 g/mol. The van der Waals surface area contributed by atoms with E-state index in [4.69, 9.17) is 4.74 Å². The highest BCUT2D eigenvalue weighted by Crippen LogP contribution is 2.25. The molecule has 0 bridgehead atoms. The molecule has 0 saturated heterocycles. The van der Waals surface area contributed by atoms with Gasteiger partial charge in [-0.15, -0.1) is 0 Å².